The van der Waals surface area contributed by atoms with E-state index in [1.165, 1.54) is 6.42 Å². The molecule has 2 rings (SSSR count). The van der Waals surface area contributed by atoms with E-state index >= 15 is 0 Å². The minimum atomic E-state index is -0.399. The number of aryl methyl sites for hydroxylation is 1. The molecule has 0 radical (unpaired) electrons. The second-order valence-corrected chi connectivity index (χ2v) is 7.93. The molecule has 5 heteroatoms. The Kier molecular flexibility index (Phi) is 7.28. The number of carbonyl (C=O) groups is 1. The summed E-state index contributed by atoms with van der Waals surface area (Å²) in [7, 11) is 0. The molecule has 0 saturated heterocycles. The highest BCUT2D eigenvalue weighted by molar-refractivity contribution is 6.06. The highest BCUT2D eigenvalue weighted by Crippen LogP contribution is 2.39. The maximum absolute atomic E-state index is 11.4. The SMILES string of the molecule is CCCCCc1cc(O)c2c(c1)OC(C)(C)CC2=NCC(C)OC(=O)CC. The van der Waals surface area contributed by atoms with Crippen molar-refractivity contribution in [1.82, 2.24) is 0 Å². The lowest BCUT2D eigenvalue weighted by molar-refractivity contribution is -0.147. The molecule has 0 aliphatic carbocycles. The highest BCUT2D eigenvalue weighted by atomic mass is 16.5. The predicted molar refractivity (Wildman–Crippen MR) is 108 cm³/mol. The Hall–Kier alpha value is -2.04. The number of aromatic hydroxyl groups is 1. The van der Waals surface area contributed by atoms with Gasteiger partial charge in [-0.15, -0.1) is 0 Å². The van der Waals surface area contributed by atoms with Crippen molar-refractivity contribution >= 4 is 11.7 Å². The fourth-order valence-electron chi connectivity index (χ4n) is 3.29. The normalized spacial score (nSPS) is 17.9. The van der Waals surface area contributed by atoms with Crippen LogP contribution in [0.5, 0.6) is 11.5 Å². The molecule has 1 heterocycles. The van der Waals surface area contributed by atoms with Gasteiger partial charge in [-0.05, 0) is 51.3 Å². The Bertz CT molecular complexity index is 694. The predicted octanol–water partition coefficient (Wildman–Crippen LogP) is 4.82. The molecule has 1 aliphatic rings. The van der Waals surface area contributed by atoms with E-state index in [-0.39, 0.29) is 17.8 Å². The van der Waals surface area contributed by atoms with Gasteiger partial charge in [0.1, 0.15) is 23.2 Å². The van der Waals surface area contributed by atoms with Crippen molar-refractivity contribution in [2.75, 3.05) is 6.54 Å². The van der Waals surface area contributed by atoms with Crippen LogP contribution in [0.2, 0.25) is 0 Å². The van der Waals surface area contributed by atoms with Crippen molar-refractivity contribution in [2.24, 2.45) is 4.99 Å². The Labute approximate surface area is 162 Å². The molecule has 1 aromatic rings. The van der Waals surface area contributed by atoms with Gasteiger partial charge in [0.2, 0.25) is 0 Å². The van der Waals surface area contributed by atoms with E-state index in [1.807, 2.05) is 32.9 Å². The molecule has 0 amide bonds. The zero-order chi connectivity index (χ0) is 20.0. The summed E-state index contributed by atoms with van der Waals surface area (Å²) in [6.07, 6.45) is 5.01. The third kappa shape index (κ3) is 5.98. The van der Waals surface area contributed by atoms with Crippen molar-refractivity contribution in [3.63, 3.8) is 0 Å². The first kappa shape index (κ1) is 21.3. The number of ether oxygens (including phenoxy) is 2. The number of hydrogen-bond donors (Lipinski definition) is 1. The first-order valence-corrected chi connectivity index (χ1v) is 10.0. The van der Waals surface area contributed by atoms with Crippen molar-refractivity contribution in [3.05, 3.63) is 23.3 Å². The average Bonchev–Trinajstić information content (AvgIpc) is 2.58. The van der Waals surface area contributed by atoms with E-state index in [2.05, 4.69) is 11.9 Å². The van der Waals surface area contributed by atoms with Crippen LogP contribution >= 0.6 is 0 Å². The smallest absolute Gasteiger partial charge is 0.305 e. The number of fused-ring (bicyclic) bond motifs is 1. The number of phenols is 1. The highest BCUT2D eigenvalue weighted by Gasteiger charge is 2.33. The summed E-state index contributed by atoms with van der Waals surface area (Å²) < 4.78 is 11.4. The van der Waals surface area contributed by atoms with Gasteiger partial charge in [-0.3, -0.25) is 9.79 Å². The van der Waals surface area contributed by atoms with Crippen LogP contribution in [0.15, 0.2) is 17.1 Å². The van der Waals surface area contributed by atoms with Gasteiger partial charge in [-0.25, -0.2) is 0 Å². The van der Waals surface area contributed by atoms with Crippen LogP contribution in [0.25, 0.3) is 0 Å². The van der Waals surface area contributed by atoms with Crippen LogP contribution in [0.1, 0.15) is 77.8 Å². The van der Waals surface area contributed by atoms with Crippen LogP contribution < -0.4 is 4.74 Å². The lowest BCUT2D eigenvalue weighted by Crippen LogP contribution is -2.36. The third-order valence-electron chi connectivity index (χ3n) is 4.64. The van der Waals surface area contributed by atoms with Crippen molar-refractivity contribution in [2.45, 2.75) is 84.8 Å². The third-order valence-corrected chi connectivity index (χ3v) is 4.64. The summed E-state index contributed by atoms with van der Waals surface area (Å²) in [5, 5.41) is 10.6. The fraction of sp³-hybridized carbons (Fsp3) is 0.636. The minimum Gasteiger partial charge on any atom is -0.507 e. The molecular weight excluding hydrogens is 342 g/mol. The molecule has 0 bridgehead atoms. The van der Waals surface area contributed by atoms with Crippen molar-refractivity contribution < 1.29 is 19.4 Å². The standard InChI is InChI=1S/C22H33NO4/c1-6-8-9-10-16-11-18(24)21-17(13-22(4,5)27-19(21)12-16)23-14-15(3)26-20(25)7-2/h11-12,15,24H,6-10,13-14H2,1-5H3. The van der Waals surface area contributed by atoms with Gasteiger partial charge in [0.25, 0.3) is 0 Å². The number of hydrogen-bond acceptors (Lipinski definition) is 5. The summed E-state index contributed by atoms with van der Waals surface area (Å²) in [6, 6.07) is 3.86. The summed E-state index contributed by atoms with van der Waals surface area (Å²) in [6.45, 7) is 10.2. The molecule has 0 spiro atoms. The van der Waals surface area contributed by atoms with E-state index in [0.29, 0.717) is 30.7 Å². The van der Waals surface area contributed by atoms with Gasteiger partial charge < -0.3 is 14.6 Å². The van der Waals surface area contributed by atoms with Gasteiger partial charge in [0.05, 0.1) is 17.8 Å². The van der Waals surface area contributed by atoms with E-state index in [1.54, 1.807) is 6.92 Å². The number of benzene rings is 1. The summed E-state index contributed by atoms with van der Waals surface area (Å²) in [5.41, 5.74) is 2.16. The van der Waals surface area contributed by atoms with E-state index in [9.17, 15) is 9.90 Å². The molecule has 1 aromatic carbocycles. The molecule has 27 heavy (non-hydrogen) atoms. The first-order valence-electron chi connectivity index (χ1n) is 10.0. The maximum Gasteiger partial charge on any atom is 0.305 e. The summed E-state index contributed by atoms with van der Waals surface area (Å²) in [5.74, 6) is 0.677. The second kappa shape index (κ2) is 9.25. The summed E-state index contributed by atoms with van der Waals surface area (Å²) >= 11 is 0. The lowest BCUT2D eigenvalue weighted by atomic mass is 9.90. The summed E-state index contributed by atoms with van der Waals surface area (Å²) in [4.78, 5) is 16.1. The van der Waals surface area contributed by atoms with E-state index < -0.39 is 5.60 Å². The topological polar surface area (TPSA) is 68.1 Å². The van der Waals surface area contributed by atoms with Crippen LogP contribution in [0, 0.1) is 0 Å². The first-order chi connectivity index (χ1) is 12.8. The van der Waals surface area contributed by atoms with Crippen molar-refractivity contribution in [3.8, 4) is 11.5 Å². The molecule has 1 atom stereocenters. The number of rotatable bonds is 8. The molecule has 5 nitrogen and oxygen atoms in total. The molecular formula is C22H33NO4. The molecule has 1 N–H and O–H groups in total. The Balaban J connectivity index is 2.26. The number of unbranched alkanes of at least 4 members (excludes halogenated alkanes) is 2. The van der Waals surface area contributed by atoms with Gasteiger partial charge in [0, 0.05) is 12.8 Å². The number of aliphatic imine (C=N–C) groups is 1. The molecule has 0 aromatic heterocycles. The number of nitrogens with zero attached hydrogens (tertiary/aromatic N) is 1. The molecule has 1 unspecified atom stereocenters. The zero-order valence-corrected chi connectivity index (χ0v) is 17.3. The van der Waals surface area contributed by atoms with Gasteiger partial charge >= 0.3 is 5.97 Å². The number of phenolic OH excluding ortho intramolecular Hbond substituents is 1. The van der Waals surface area contributed by atoms with E-state index in [4.69, 9.17) is 9.47 Å². The quantitative estimate of drug-likeness (QED) is 0.523. The number of esters is 1. The maximum atomic E-state index is 11.4. The zero-order valence-electron chi connectivity index (χ0n) is 17.3. The Morgan fingerprint density at radius 2 is 2.07 bits per heavy atom. The Morgan fingerprint density at radius 3 is 2.74 bits per heavy atom. The van der Waals surface area contributed by atoms with Crippen LogP contribution in [0.3, 0.4) is 0 Å². The molecule has 0 saturated carbocycles. The molecule has 1 aliphatic heterocycles. The Morgan fingerprint density at radius 1 is 1.33 bits per heavy atom. The van der Waals surface area contributed by atoms with E-state index in [0.717, 1.165) is 30.5 Å². The van der Waals surface area contributed by atoms with Crippen LogP contribution in [-0.2, 0) is 16.0 Å². The largest absolute Gasteiger partial charge is 0.507 e. The lowest BCUT2D eigenvalue weighted by Gasteiger charge is -2.34. The second-order valence-electron chi connectivity index (χ2n) is 7.93. The fourth-order valence-corrected chi connectivity index (χ4v) is 3.29. The van der Waals surface area contributed by atoms with Crippen LogP contribution in [0.4, 0.5) is 0 Å². The van der Waals surface area contributed by atoms with Crippen molar-refractivity contribution in [1.29, 1.82) is 0 Å². The monoisotopic (exact) mass is 375 g/mol. The minimum absolute atomic E-state index is 0.214. The van der Waals surface area contributed by atoms with Crippen LogP contribution in [-0.4, -0.2) is 35.0 Å². The number of carbonyl (C=O) groups excluding carboxylic acids is 1. The van der Waals surface area contributed by atoms with Gasteiger partial charge in [-0.2, -0.15) is 0 Å². The average molecular weight is 376 g/mol. The van der Waals surface area contributed by atoms with Gasteiger partial charge in [0.15, 0.2) is 0 Å². The van der Waals surface area contributed by atoms with Gasteiger partial charge in [-0.1, -0.05) is 26.7 Å². The molecule has 150 valence electrons. The molecule has 0 fully saturated rings.